The molecule has 0 bridgehead atoms. The van der Waals surface area contributed by atoms with E-state index in [2.05, 4.69) is 31.2 Å². The number of carbonyl (C=O) groups excluding carboxylic acids is 1. The maximum atomic E-state index is 11.8. The fraction of sp³-hybridized carbons (Fsp3) is 0.692. The van der Waals surface area contributed by atoms with Gasteiger partial charge in [-0.2, -0.15) is 0 Å². The van der Waals surface area contributed by atoms with E-state index in [0.29, 0.717) is 18.4 Å². The second-order valence-corrected chi connectivity index (χ2v) is 4.74. The van der Waals surface area contributed by atoms with Crippen molar-refractivity contribution >= 4 is 5.91 Å². The monoisotopic (exact) mass is 254 g/mol. The molecule has 0 radical (unpaired) electrons. The minimum absolute atomic E-state index is 0.219. The van der Waals surface area contributed by atoms with Crippen LogP contribution >= 0.6 is 0 Å². The molecule has 1 aromatic heterocycles. The zero-order valence-corrected chi connectivity index (χ0v) is 11.5. The predicted octanol–water partition coefficient (Wildman–Crippen LogP) is 2.49. The Hall–Kier alpha value is -1.52. The Morgan fingerprint density at radius 2 is 2.28 bits per heavy atom. The second-order valence-electron chi connectivity index (χ2n) is 4.74. The number of hydrogen-bond donors (Lipinski definition) is 1. The number of methoxy groups -OCH3 is 1. The Labute approximate surface area is 108 Å². The van der Waals surface area contributed by atoms with E-state index in [1.165, 1.54) is 13.2 Å². The van der Waals surface area contributed by atoms with Gasteiger partial charge in [0.1, 0.15) is 0 Å². The largest absolute Gasteiger partial charge is 0.467 e. The lowest BCUT2D eigenvalue weighted by Crippen LogP contribution is -2.31. The summed E-state index contributed by atoms with van der Waals surface area (Å²) < 4.78 is 9.64. The van der Waals surface area contributed by atoms with Crippen LogP contribution in [0.3, 0.4) is 0 Å². The number of rotatable bonds is 7. The summed E-state index contributed by atoms with van der Waals surface area (Å²) in [5.41, 5.74) is 0.255. The molecule has 5 heteroatoms. The van der Waals surface area contributed by atoms with Crippen molar-refractivity contribution in [2.24, 2.45) is 11.8 Å². The van der Waals surface area contributed by atoms with E-state index < -0.39 is 0 Å². The first kappa shape index (κ1) is 14.5. The lowest BCUT2D eigenvalue weighted by molar-refractivity contribution is 0.0932. The molecule has 0 aromatic carbocycles. The quantitative estimate of drug-likeness (QED) is 0.812. The van der Waals surface area contributed by atoms with Gasteiger partial charge < -0.3 is 14.6 Å². The van der Waals surface area contributed by atoms with E-state index in [1.54, 1.807) is 0 Å². The summed E-state index contributed by atoms with van der Waals surface area (Å²) in [6.07, 6.45) is 2.23. The van der Waals surface area contributed by atoms with E-state index in [1.807, 2.05) is 0 Å². The number of ether oxygens (including phenoxy) is 1. The lowest BCUT2D eigenvalue weighted by atomic mass is 9.91. The Bertz CT molecular complexity index is 374. The minimum Gasteiger partial charge on any atom is -0.467 e. The Balaban J connectivity index is 2.49. The summed E-state index contributed by atoms with van der Waals surface area (Å²) >= 11 is 0. The average Bonchev–Trinajstić information content (AvgIpc) is 2.82. The van der Waals surface area contributed by atoms with Crippen molar-refractivity contribution in [3.05, 3.63) is 11.8 Å². The van der Waals surface area contributed by atoms with Gasteiger partial charge in [-0.3, -0.25) is 4.79 Å². The third kappa shape index (κ3) is 4.05. The molecule has 0 saturated heterocycles. The Kier molecular flexibility index (Phi) is 5.68. The van der Waals surface area contributed by atoms with E-state index in [-0.39, 0.29) is 17.5 Å². The fourth-order valence-electron chi connectivity index (χ4n) is 1.82. The molecular weight excluding hydrogens is 232 g/mol. The first-order valence-electron chi connectivity index (χ1n) is 6.37. The molecule has 18 heavy (non-hydrogen) atoms. The molecule has 0 aliphatic carbocycles. The maximum absolute atomic E-state index is 11.8. The summed E-state index contributed by atoms with van der Waals surface area (Å²) in [6, 6.07) is 1.49. The van der Waals surface area contributed by atoms with Crippen LogP contribution in [0.25, 0.3) is 0 Å². The lowest BCUT2D eigenvalue weighted by Gasteiger charge is -2.20. The molecule has 1 unspecified atom stereocenters. The number of nitrogens with zero attached hydrogens (tertiary/aromatic N) is 1. The molecule has 0 fully saturated rings. The van der Waals surface area contributed by atoms with E-state index in [0.717, 1.165) is 12.8 Å². The van der Waals surface area contributed by atoms with Crippen molar-refractivity contribution in [1.82, 2.24) is 10.5 Å². The summed E-state index contributed by atoms with van der Waals surface area (Å²) in [6.45, 7) is 7.16. The van der Waals surface area contributed by atoms with Gasteiger partial charge >= 0.3 is 5.95 Å². The molecule has 1 atom stereocenters. The SMILES string of the molecule is CCCC(CNC(=O)c1cc(OC)on1)C(C)C. The number of amides is 1. The van der Waals surface area contributed by atoms with Crippen LogP contribution in [0.2, 0.25) is 0 Å². The van der Waals surface area contributed by atoms with Crippen LogP contribution in [0.4, 0.5) is 0 Å². The third-order valence-electron chi connectivity index (χ3n) is 3.05. The van der Waals surface area contributed by atoms with Crippen LogP contribution in [0.15, 0.2) is 10.6 Å². The van der Waals surface area contributed by atoms with Crippen LogP contribution in [0.5, 0.6) is 5.95 Å². The summed E-state index contributed by atoms with van der Waals surface area (Å²) in [5, 5.41) is 6.53. The fourth-order valence-corrected chi connectivity index (χ4v) is 1.82. The minimum atomic E-state index is -0.219. The van der Waals surface area contributed by atoms with E-state index >= 15 is 0 Å². The van der Waals surface area contributed by atoms with Gasteiger partial charge in [0, 0.05) is 6.54 Å². The van der Waals surface area contributed by atoms with Crippen molar-refractivity contribution in [2.45, 2.75) is 33.6 Å². The van der Waals surface area contributed by atoms with Crippen LogP contribution in [-0.2, 0) is 0 Å². The van der Waals surface area contributed by atoms with Crippen LogP contribution in [0, 0.1) is 11.8 Å². The smallest absolute Gasteiger partial charge is 0.311 e. The van der Waals surface area contributed by atoms with Gasteiger partial charge in [0.25, 0.3) is 5.91 Å². The van der Waals surface area contributed by atoms with Gasteiger partial charge in [0.2, 0.25) is 0 Å². The first-order valence-corrected chi connectivity index (χ1v) is 6.37. The highest BCUT2D eigenvalue weighted by molar-refractivity contribution is 5.92. The van der Waals surface area contributed by atoms with Gasteiger partial charge in [0.15, 0.2) is 5.69 Å². The summed E-state index contributed by atoms with van der Waals surface area (Å²) in [4.78, 5) is 11.8. The van der Waals surface area contributed by atoms with E-state index in [4.69, 9.17) is 9.26 Å². The van der Waals surface area contributed by atoms with Gasteiger partial charge in [-0.25, -0.2) is 0 Å². The standard InChI is InChI=1S/C13H22N2O3/c1-5-6-10(9(2)3)8-14-13(16)11-7-12(17-4)18-15-11/h7,9-10H,5-6,8H2,1-4H3,(H,14,16). The Morgan fingerprint density at radius 3 is 2.78 bits per heavy atom. The molecular formula is C13H22N2O3. The molecule has 1 amide bonds. The number of aromatic nitrogens is 1. The number of hydrogen-bond acceptors (Lipinski definition) is 4. The molecule has 1 N–H and O–H groups in total. The molecule has 1 heterocycles. The van der Waals surface area contributed by atoms with E-state index in [9.17, 15) is 4.79 Å². The topological polar surface area (TPSA) is 64.4 Å². The van der Waals surface area contributed by atoms with Crippen molar-refractivity contribution in [3.63, 3.8) is 0 Å². The third-order valence-corrected chi connectivity index (χ3v) is 3.05. The average molecular weight is 254 g/mol. The zero-order valence-electron chi connectivity index (χ0n) is 11.5. The summed E-state index contributed by atoms with van der Waals surface area (Å²) in [5.74, 6) is 1.07. The normalized spacial score (nSPS) is 12.5. The molecule has 0 aliphatic heterocycles. The summed E-state index contributed by atoms with van der Waals surface area (Å²) in [7, 11) is 1.47. The maximum Gasteiger partial charge on any atom is 0.311 e. The van der Waals surface area contributed by atoms with Crippen LogP contribution in [-0.4, -0.2) is 24.7 Å². The zero-order chi connectivity index (χ0) is 13.5. The molecule has 0 aliphatic rings. The molecule has 102 valence electrons. The second kappa shape index (κ2) is 7.03. The highest BCUT2D eigenvalue weighted by atomic mass is 16.6. The molecule has 0 spiro atoms. The van der Waals surface area contributed by atoms with Gasteiger partial charge in [0.05, 0.1) is 13.2 Å². The molecule has 1 aromatic rings. The van der Waals surface area contributed by atoms with Crippen molar-refractivity contribution in [2.75, 3.05) is 13.7 Å². The van der Waals surface area contributed by atoms with Crippen LogP contribution in [0.1, 0.15) is 44.1 Å². The van der Waals surface area contributed by atoms with Crippen LogP contribution < -0.4 is 10.1 Å². The molecule has 5 nitrogen and oxygen atoms in total. The van der Waals surface area contributed by atoms with Gasteiger partial charge in [-0.1, -0.05) is 32.3 Å². The van der Waals surface area contributed by atoms with Gasteiger partial charge in [-0.15, -0.1) is 0 Å². The Morgan fingerprint density at radius 1 is 1.56 bits per heavy atom. The van der Waals surface area contributed by atoms with Crippen molar-refractivity contribution in [1.29, 1.82) is 0 Å². The first-order chi connectivity index (χ1) is 8.58. The number of carbonyl (C=O) groups is 1. The van der Waals surface area contributed by atoms with Crippen molar-refractivity contribution in [3.8, 4) is 5.95 Å². The van der Waals surface area contributed by atoms with Crippen molar-refractivity contribution < 1.29 is 14.1 Å². The highest BCUT2D eigenvalue weighted by Crippen LogP contribution is 2.16. The highest BCUT2D eigenvalue weighted by Gasteiger charge is 2.16. The molecule has 0 saturated carbocycles. The molecule has 1 rings (SSSR count). The van der Waals surface area contributed by atoms with Gasteiger partial charge in [-0.05, 0) is 18.3 Å². The predicted molar refractivity (Wildman–Crippen MR) is 68.6 cm³/mol. The number of nitrogens with one attached hydrogen (secondary N) is 1.